The second kappa shape index (κ2) is 7.27. The van der Waals surface area contributed by atoms with Crippen LogP contribution in [0.2, 0.25) is 5.02 Å². The maximum absolute atomic E-state index is 10.6. The molecule has 6 nitrogen and oxygen atoms in total. The van der Waals surface area contributed by atoms with Gasteiger partial charge in [-0.05, 0) is 37.1 Å². The molecule has 1 aliphatic rings. The third kappa shape index (κ3) is 4.51. The summed E-state index contributed by atoms with van der Waals surface area (Å²) < 4.78 is 37.5. The monoisotopic (exact) mass is 365 g/mol. The summed E-state index contributed by atoms with van der Waals surface area (Å²) >= 11 is 5.92. The highest BCUT2D eigenvalue weighted by Gasteiger charge is 2.38. The molecule has 0 saturated carbocycles. The number of nitrogens with zero attached hydrogens (tertiary/aromatic N) is 2. The molecular formula is C14H15ClF3N3O3. The van der Waals surface area contributed by atoms with Crippen molar-refractivity contribution in [2.45, 2.75) is 12.6 Å². The van der Waals surface area contributed by atoms with Crippen molar-refractivity contribution in [3.05, 3.63) is 23.2 Å². The molecule has 0 radical (unpaired) electrons. The van der Waals surface area contributed by atoms with E-state index in [0.717, 1.165) is 37.2 Å². The first kappa shape index (κ1) is 18.3. The summed E-state index contributed by atoms with van der Waals surface area (Å²) in [4.78, 5) is 15.5. The summed E-state index contributed by atoms with van der Waals surface area (Å²) in [5.41, 5.74) is 7.26. The molecule has 24 heavy (non-hydrogen) atoms. The molecular weight excluding hydrogens is 351 g/mol. The molecule has 1 fully saturated rings. The molecule has 1 saturated heterocycles. The summed E-state index contributed by atoms with van der Waals surface area (Å²) in [6.45, 7) is 2.61. The molecule has 0 bridgehead atoms. The lowest BCUT2D eigenvalue weighted by atomic mass is 10.1. The fourth-order valence-corrected chi connectivity index (χ4v) is 2.39. The van der Waals surface area contributed by atoms with Crippen molar-refractivity contribution in [1.29, 1.82) is 0 Å². The number of hydrogen-bond donors (Lipinski definition) is 2. The fraction of sp³-hybridized carbons (Fsp3) is 0.429. The molecule has 1 atom stereocenters. The highest BCUT2D eigenvalue weighted by Crippen LogP contribution is 2.27. The Bertz CT molecular complexity index is 720. The van der Waals surface area contributed by atoms with E-state index in [4.69, 9.17) is 31.7 Å². The lowest BCUT2D eigenvalue weighted by Gasteiger charge is -2.12. The van der Waals surface area contributed by atoms with E-state index < -0.39 is 12.1 Å². The Balaban J connectivity index is 0.000000256. The van der Waals surface area contributed by atoms with Crippen LogP contribution in [0.1, 0.15) is 6.42 Å². The zero-order chi connectivity index (χ0) is 17.9. The quantitative estimate of drug-likeness (QED) is 0.850. The Kier molecular flexibility index (Phi) is 5.55. The van der Waals surface area contributed by atoms with Crippen LogP contribution in [0, 0.1) is 5.92 Å². The van der Waals surface area contributed by atoms with Crippen LogP contribution in [0.3, 0.4) is 0 Å². The topological polar surface area (TPSA) is 92.6 Å². The van der Waals surface area contributed by atoms with Crippen molar-refractivity contribution in [1.82, 2.24) is 4.98 Å². The maximum atomic E-state index is 10.6. The van der Waals surface area contributed by atoms with Crippen LogP contribution < -0.4 is 10.6 Å². The fourth-order valence-electron chi connectivity index (χ4n) is 2.22. The second-order valence-corrected chi connectivity index (χ2v) is 5.68. The number of carboxylic acids is 1. The number of anilines is 1. The summed E-state index contributed by atoms with van der Waals surface area (Å²) in [5, 5.41) is 7.80. The number of rotatable bonds is 2. The van der Waals surface area contributed by atoms with Crippen molar-refractivity contribution in [2.24, 2.45) is 11.7 Å². The van der Waals surface area contributed by atoms with Crippen LogP contribution >= 0.6 is 11.6 Å². The van der Waals surface area contributed by atoms with Gasteiger partial charge < -0.3 is 20.2 Å². The number of benzene rings is 1. The molecule has 0 spiro atoms. The van der Waals surface area contributed by atoms with Gasteiger partial charge in [-0.3, -0.25) is 0 Å². The number of aliphatic carboxylic acids is 1. The molecule has 1 aromatic carbocycles. The maximum Gasteiger partial charge on any atom is 0.490 e. The third-order valence-corrected chi connectivity index (χ3v) is 3.71. The number of fused-ring (bicyclic) bond motifs is 1. The van der Waals surface area contributed by atoms with E-state index in [-0.39, 0.29) is 0 Å². The molecule has 0 amide bonds. The van der Waals surface area contributed by atoms with Crippen LogP contribution in [-0.4, -0.2) is 41.9 Å². The standard InChI is InChI=1S/C12H14ClN3O.C2HF3O2/c13-9-1-2-11-10(5-9)15-12(17-11)16-4-3-8(6-14)7-16;3-2(4,5)1(6)7/h1-2,5,8H,3-4,6-7,14H2;(H,6,7). The number of nitrogens with two attached hydrogens (primary N) is 1. The Morgan fingerprint density at radius 3 is 2.71 bits per heavy atom. The van der Waals surface area contributed by atoms with Crippen LogP contribution in [0.4, 0.5) is 19.2 Å². The molecule has 132 valence electrons. The van der Waals surface area contributed by atoms with Crippen molar-refractivity contribution >= 4 is 34.7 Å². The molecule has 1 unspecified atom stereocenters. The van der Waals surface area contributed by atoms with Gasteiger partial charge in [-0.25, -0.2) is 4.79 Å². The molecule has 2 heterocycles. The first-order valence-electron chi connectivity index (χ1n) is 7.02. The summed E-state index contributed by atoms with van der Waals surface area (Å²) in [7, 11) is 0. The zero-order valence-electron chi connectivity index (χ0n) is 12.4. The molecule has 10 heteroatoms. The Labute approximate surface area is 140 Å². The minimum atomic E-state index is -5.08. The SMILES string of the molecule is NCC1CCN(c2nc3cc(Cl)ccc3o2)C1.O=C(O)C(F)(F)F. The second-order valence-electron chi connectivity index (χ2n) is 5.25. The summed E-state index contributed by atoms with van der Waals surface area (Å²) in [6.07, 6.45) is -3.98. The van der Waals surface area contributed by atoms with Crippen molar-refractivity contribution in [2.75, 3.05) is 24.5 Å². The predicted octanol–water partition coefficient (Wildman–Crippen LogP) is 2.90. The Hall–Kier alpha value is -2.00. The lowest BCUT2D eigenvalue weighted by molar-refractivity contribution is -0.192. The molecule has 3 rings (SSSR count). The third-order valence-electron chi connectivity index (χ3n) is 3.47. The number of carboxylic acid groups (broad SMARTS) is 1. The van der Waals surface area contributed by atoms with E-state index in [1.54, 1.807) is 0 Å². The lowest BCUT2D eigenvalue weighted by Crippen LogP contribution is -2.22. The van der Waals surface area contributed by atoms with E-state index in [2.05, 4.69) is 9.88 Å². The van der Waals surface area contributed by atoms with Crippen molar-refractivity contribution in [3.8, 4) is 0 Å². The molecule has 1 aromatic heterocycles. The Morgan fingerprint density at radius 2 is 2.17 bits per heavy atom. The molecule has 3 N–H and O–H groups in total. The first-order chi connectivity index (χ1) is 11.2. The van der Waals surface area contributed by atoms with Gasteiger partial charge in [-0.2, -0.15) is 18.2 Å². The average Bonchev–Trinajstić information content (AvgIpc) is 3.12. The summed E-state index contributed by atoms with van der Waals surface area (Å²) in [6, 6.07) is 6.16. The molecule has 0 aliphatic carbocycles. The van der Waals surface area contributed by atoms with Crippen LogP contribution in [0.15, 0.2) is 22.6 Å². The van der Waals surface area contributed by atoms with Crippen LogP contribution in [0.5, 0.6) is 0 Å². The van der Waals surface area contributed by atoms with Crippen molar-refractivity contribution < 1.29 is 27.5 Å². The summed E-state index contributed by atoms with van der Waals surface area (Å²) in [5.74, 6) is -2.21. The van der Waals surface area contributed by atoms with Gasteiger partial charge in [0.2, 0.25) is 0 Å². The van der Waals surface area contributed by atoms with Gasteiger partial charge in [0, 0.05) is 18.1 Å². The van der Waals surface area contributed by atoms with E-state index >= 15 is 0 Å². The highest BCUT2D eigenvalue weighted by molar-refractivity contribution is 6.31. The first-order valence-corrected chi connectivity index (χ1v) is 7.39. The minimum absolute atomic E-state index is 0.550. The van der Waals surface area contributed by atoms with Gasteiger partial charge in [0.05, 0.1) is 0 Å². The zero-order valence-corrected chi connectivity index (χ0v) is 13.1. The number of carbonyl (C=O) groups is 1. The normalized spacial score (nSPS) is 17.7. The number of halogens is 4. The number of hydrogen-bond acceptors (Lipinski definition) is 5. The van der Waals surface area contributed by atoms with E-state index in [9.17, 15) is 13.2 Å². The average molecular weight is 366 g/mol. The predicted molar refractivity (Wildman–Crippen MR) is 82.1 cm³/mol. The molecule has 1 aliphatic heterocycles. The molecule has 2 aromatic rings. The van der Waals surface area contributed by atoms with E-state index in [1.165, 1.54) is 0 Å². The number of alkyl halides is 3. The van der Waals surface area contributed by atoms with Gasteiger partial charge in [0.25, 0.3) is 6.01 Å². The largest absolute Gasteiger partial charge is 0.490 e. The Morgan fingerprint density at radius 1 is 1.50 bits per heavy atom. The van der Waals surface area contributed by atoms with Gasteiger partial charge in [-0.15, -0.1) is 0 Å². The highest BCUT2D eigenvalue weighted by atomic mass is 35.5. The smallest absolute Gasteiger partial charge is 0.475 e. The van der Waals surface area contributed by atoms with Crippen molar-refractivity contribution in [3.63, 3.8) is 0 Å². The van der Waals surface area contributed by atoms with Crippen LogP contribution in [0.25, 0.3) is 11.1 Å². The van der Waals surface area contributed by atoms with E-state index in [0.29, 0.717) is 17.0 Å². The minimum Gasteiger partial charge on any atom is -0.475 e. The number of oxazole rings is 1. The van der Waals surface area contributed by atoms with Gasteiger partial charge in [-0.1, -0.05) is 11.6 Å². The van der Waals surface area contributed by atoms with Crippen LogP contribution in [-0.2, 0) is 4.79 Å². The van der Waals surface area contributed by atoms with E-state index in [1.807, 2.05) is 18.2 Å². The van der Waals surface area contributed by atoms with Gasteiger partial charge >= 0.3 is 12.1 Å². The number of aromatic nitrogens is 1. The van der Waals surface area contributed by atoms with Gasteiger partial charge in [0.1, 0.15) is 5.52 Å². The van der Waals surface area contributed by atoms with Gasteiger partial charge in [0.15, 0.2) is 5.58 Å².